The molecule has 4 rings (SSSR count). The van der Waals surface area contributed by atoms with Crippen molar-refractivity contribution < 1.29 is 28.8 Å². The quantitative estimate of drug-likeness (QED) is 0.185. The van der Waals surface area contributed by atoms with Crippen LogP contribution in [0.5, 0.6) is 0 Å². The van der Waals surface area contributed by atoms with Gasteiger partial charge in [-0.2, -0.15) is 0 Å². The number of nitrogens with one attached hydrogen (secondary N) is 3. The van der Waals surface area contributed by atoms with E-state index in [0.29, 0.717) is 19.0 Å². The second-order valence-electron chi connectivity index (χ2n) is 16.2. The molecule has 1 heterocycles. The van der Waals surface area contributed by atoms with Crippen molar-refractivity contribution in [3.63, 3.8) is 0 Å². The molecule has 4 fully saturated rings. The van der Waals surface area contributed by atoms with Gasteiger partial charge in [-0.25, -0.2) is 4.79 Å². The molecule has 4 aliphatic rings. The third-order valence-corrected chi connectivity index (χ3v) is 11.2. The van der Waals surface area contributed by atoms with Gasteiger partial charge in [0.05, 0.1) is 0 Å². The number of Topliss-reactive ketones (excluding diaryl/α,β-unsaturated/α-hetero) is 1. The zero-order chi connectivity index (χ0) is 33.8. The molecule has 1 unspecified atom stereocenters. The Bertz CT molecular complexity index is 1230. The Balaban J connectivity index is 1.52. The number of fused-ring (bicyclic) bond motifs is 1. The number of hydrogen-bond acceptors (Lipinski definition) is 7. The number of piperidine rings is 1. The molecule has 0 aromatic carbocycles. The first kappa shape index (κ1) is 35.0. The van der Waals surface area contributed by atoms with Gasteiger partial charge >= 0.3 is 6.03 Å². The van der Waals surface area contributed by atoms with E-state index in [1.165, 1.54) is 16.7 Å². The molecule has 0 bridgehead atoms. The summed E-state index contributed by atoms with van der Waals surface area (Å²) in [5, 5.41) is 7.46. The van der Waals surface area contributed by atoms with Gasteiger partial charge in [0.25, 0.3) is 11.7 Å². The smallest absolute Gasteiger partial charge is 0.316 e. The molecule has 0 aromatic rings. The second-order valence-corrected chi connectivity index (χ2v) is 17.6. The molecular formula is C32H52N6O6S. The lowest BCUT2D eigenvalue weighted by molar-refractivity contribution is -0.144. The van der Waals surface area contributed by atoms with Gasteiger partial charge in [-0.15, -0.1) is 11.8 Å². The van der Waals surface area contributed by atoms with Gasteiger partial charge in [-0.1, -0.05) is 55.4 Å². The Hall–Kier alpha value is -2.83. The van der Waals surface area contributed by atoms with Crippen molar-refractivity contribution in [3.05, 3.63) is 0 Å². The van der Waals surface area contributed by atoms with Gasteiger partial charge in [-0.3, -0.25) is 24.0 Å². The van der Waals surface area contributed by atoms with Crippen LogP contribution in [0.3, 0.4) is 0 Å². The van der Waals surface area contributed by atoms with E-state index in [0.717, 1.165) is 25.7 Å². The first-order valence-corrected chi connectivity index (χ1v) is 17.0. The number of carbonyl (C=O) groups is 6. The molecular weight excluding hydrogens is 596 g/mol. The number of likely N-dealkylation sites (tertiary alicyclic amines) is 1. The van der Waals surface area contributed by atoms with Crippen molar-refractivity contribution in [1.82, 2.24) is 25.8 Å². The molecule has 1 saturated heterocycles. The highest BCUT2D eigenvalue weighted by Gasteiger charge is 2.70. The summed E-state index contributed by atoms with van der Waals surface area (Å²) >= 11 is 1.21. The van der Waals surface area contributed by atoms with Crippen molar-refractivity contribution in [2.45, 2.75) is 110 Å². The number of ketones is 1. The molecule has 13 heteroatoms. The van der Waals surface area contributed by atoms with E-state index in [2.05, 4.69) is 16.0 Å². The highest BCUT2D eigenvalue weighted by atomic mass is 32.2. The van der Waals surface area contributed by atoms with Gasteiger partial charge in [-0.05, 0) is 59.7 Å². The van der Waals surface area contributed by atoms with Crippen molar-refractivity contribution in [3.8, 4) is 0 Å². The minimum Gasteiger partial charge on any atom is -0.363 e. The van der Waals surface area contributed by atoms with Gasteiger partial charge in [0.15, 0.2) is 0 Å². The standard InChI is InChI=1S/C32H52N6O6S/c1-30(2,3)22(27(42)37(9)14-16-10-11-16)34-29(44)35-23(31(4,5)6)28(43)38-15-18-19(32(18,7)8)20(38)25(41)36-26(21(39)24(33)40)45-17-12-13-17/h16-20,22-23,26H,10-15H2,1-9H3,(H2,33,40)(H,36,41)(H2,34,35,44)/t18-,19-,20-,22+,23+,26?/m0/s1. The van der Waals surface area contributed by atoms with E-state index in [4.69, 9.17) is 5.73 Å². The van der Waals surface area contributed by atoms with Gasteiger partial charge < -0.3 is 31.5 Å². The fraction of sp³-hybridized carbons (Fsp3) is 0.812. The number of thioether (sulfide) groups is 1. The number of urea groups is 1. The Labute approximate surface area is 271 Å². The zero-order valence-electron chi connectivity index (χ0n) is 28.2. The van der Waals surface area contributed by atoms with E-state index >= 15 is 0 Å². The average molecular weight is 649 g/mol. The largest absolute Gasteiger partial charge is 0.363 e. The maximum atomic E-state index is 14.3. The molecule has 3 saturated carbocycles. The van der Waals surface area contributed by atoms with E-state index in [9.17, 15) is 28.8 Å². The molecule has 12 nitrogen and oxygen atoms in total. The molecule has 1 aliphatic heterocycles. The highest BCUT2D eigenvalue weighted by molar-refractivity contribution is 8.01. The SMILES string of the molecule is CN(CC1CC1)C(=O)[C@@H](NC(=O)N[C@H](C(=O)N1C[C@H]2[C@@H]([C@H]1C(=O)NC(SC1CC1)C(=O)C(N)=O)C2(C)C)C(C)(C)C)C(C)(C)C. The van der Waals surface area contributed by atoms with Crippen molar-refractivity contribution >= 4 is 47.2 Å². The van der Waals surface area contributed by atoms with E-state index in [1.54, 1.807) is 11.9 Å². The Morgan fingerprint density at radius 1 is 0.911 bits per heavy atom. The molecule has 45 heavy (non-hydrogen) atoms. The van der Waals surface area contributed by atoms with Gasteiger partial charge in [0, 0.05) is 25.4 Å². The van der Waals surface area contributed by atoms with E-state index in [1.807, 2.05) is 55.4 Å². The summed E-state index contributed by atoms with van der Waals surface area (Å²) in [5.74, 6) is -2.69. The predicted octanol–water partition coefficient (Wildman–Crippen LogP) is 1.86. The van der Waals surface area contributed by atoms with Crippen molar-refractivity contribution in [1.29, 1.82) is 0 Å². The van der Waals surface area contributed by atoms with Crippen LogP contribution in [0.25, 0.3) is 0 Å². The monoisotopic (exact) mass is 648 g/mol. The van der Waals surface area contributed by atoms with Crippen LogP contribution < -0.4 is 21.7 Å². The minimum atomic E-state index is -1.12. The molecule has 5 N–H and O–H groups in total. The number of nitrogens with zero attached hydrogens (tertiary/aromatic N) is 2. The Kier molecular flexibility index (Phi) is 9.66. The Morgan fingerprint density at radius 3 is 1.96 bits per heavy atom. The second kappa shape index (κ2) is 12.4. The maximum absolute atomic E-state index is 14.3. The van der Waals surface area contributed by atoms with Crippen LogP contribution in [0.1, 0.15) is 81.1 Å². The first-order chi connectivity index (χ1) is 20.6. The fourth-order valence-corrected chi connectivity index (χ4v) is 7.70. The highest BCUT2D eigenvalue weighted by Crippen LogP contribution is 2.65. The van der Waals surface area contributed by atoms with Crippen LogP contribution in [0.4, 0.5) is 4.79 Å². The number of nitrogens with two attached hydrogens (primary N) is 1. The third-order valence-electron chi connectivity index (χ3n) is 9.75. The lowest BCUT2D eigenvalue weighted by atomic mass is 9.84. The van der Waals surface area contributed by atoms with Crippen LogP contribution in [-0.2, 0) is 24.0 Å². The molecule has 6 atom stereocenters. The van der Waals surface area contributed by atoms with Crippen molar-refractivity contribution in [2.75, 3.05) is 20.1 Å². The minimum absolute atomic E-state index is 0.0675. The van der Waals surface area contributed by atoms with Crippen LogP contribution >= 0.6 is 11.8 Å². The van der Waals surface area contributed by atoms with Gasteiger partial charge in [0.1, 0.15) is 23.5 Å². The average Bonchev–Trinajstić information content (AvgIpc) is 3.87. The van der Waals surface area contributed by atoms with E-state index in [-0.39, 0.29) is 28.4 Å². The summed E-state index contributed by atoms with van der Waals surface area (Å²) < 4.78 is 0. The first-order valence-electron chi connectivity index (χ1n) is 16.1. The molecule has 252 valence electrons. The summed E-state index contributed by atoms with van der Waals surface area (Å²) in [7, 11) is 1.75. The zero-order valence-corrected chi connectivity index (χ0v) is 29.0. The topological polar surface area (TPSA) is 171 Å². The fourth-order valence-electron chi connectivity index (χ4n) is 6.48. The predicted molar refractivity (Wildman–Crippen MR) is 172 cm³/mol. The molecule has 3 aliphatic carbocycles. The summed E-state index contributed by atoms with van der Waals surface area (Å²) in [4.78, 5) is 82.5. The van der Waals surface area contributed by atoms with Crippen molar-refractivity contribution in [2.24, 2.45) is 39.7 Å². The van der Waals surface area contributed by atoms with Gasteiger partial charge in [0.2, 0.25) is 17.7 Å². The summed E-state index contributed by atoms with van der Waals surface area (Å²) in [6.45, 7) is 16.2. The van der Waals surface area contributed by atoms with Crippen LogP contribution in [-0.4, -0.2) is 94.1 Å². The number of rotatable bonds is 12. The molecule has 0 spiro atoms. The van der Waals surface area contributed by atoms with Crippen LogP contribution in [0, 0.1) is 34.0 Å². The third kappa shape index (κ3) is 7.94. The summed E-state index contributed by atoms with van der Waals surface area (Å²) in [6.07, 6.45) is 3.95. The lowest BCUT2D eigenvalue weighted by Gasteiger charge is -2.39. The normalized spacial score (nSPS) is 25.7. The maximum Gasteiger partial charge on any atom is 0.316 e. The summed E-state index contributed by atoms with van der Waals surface area (Å²) in [5.41, 5.74) is 3.76. The van der Waals surface area contributed by atoms with Crippen LogP contribution in [0.2, 0.25) is 0 Å². The molecule has 0 aromatic heterocycles. The Morgan fingerprint density at radius 2 is 1.47 bits per heavy atom. The number of hydrogen-bond donors (Lipinski definition) is 4. The number of carbonyl (C=O) groups excluding carboxylic acids is 6. The molecule has 6 amide bonds. The van der Waals surface area contributed by atoms with E-state index < -0.39 is 63.9 Å². The number of primary amides is 1. The lowest BCUT2D eigenvalue weighted by Crippen LogP contribution is -2.63. The number of likely N-dealkylation sites (N-methyl/N-ethyl adjacent to an activating group) is 1. The van der Waals surface area contributed by atoms with Crippen LogP contribution in [0.15, 0.2) is 0 Å². The summed E-state index contributed by atoms with van der Waals surface area (Å²) in [6, 6.07) is -3.36. The molecule has 0 radical (unpaired) electrons. The number of amides is 6.